The number of hydrogen-bond donors (Lipinski definition) is 0. The van der Waals surface area contributed by atoms with Crippen LogP contribution in [0.3, 0.4) is 0 Å². The van der Waals surface area contributed by atoms with E-state index in [-0.39, 0.29) is 11.6 Å². The Morgan fingerprint density at radius 2 is 1.30 bits per heavy atom. The van der Waals surface area contributed by atoms with Crippen LogP contribution >= 0.6 is 0 Å². The fourth-order valence-corrected chi connectivity index (χ4v) is 1.83. The zero-order chi connectivity index (χ0) is 17.6. The molecule has 0 bridgehead atoms. The van der Waals surface area contributed by atoms with Crippen LogP contribution in [0.1, 0.15) is 25.0 Å². The summed E-state index contributed by atoms with van der Waals surface area (Å²) in [5, 5.41) is 0. The molecule has 0 aliphatic carbocycles. The van der Waals surface area contributed by atoms with Gasteiger partial charge in [0.15, 0.2) is 0 Å². The van der Waals surface area contributed by atoms with Crippen molar-refractivity contribution >= 4 is 6.08 Å². The summed E-state index contributed by atoms with van der Waals surface area (Å²) in [6.07, 6.45) is -4.42. The van der Waals surface area contributed by atoms with Crippen molar-refractivity contribution in [3.05, 3.63) is 65.2 Å². The Morgan fingerprint density at radius 1 is 0.826 bits per heavy atom. The number of alkyl halides is 3. The first-order chi connectivity index (χ1) is 10.8. The molecule has 0 spiro atoms. The average Bonchev–Trinajstić information content (AvgIpc) is 2.48. The maximum absolute atomic E-state index is 13.8. The Kier molecular flexibility index (Phi) is 6.49. The Hall–Kier alpha value is -2.17. The number of allylic oxidation sites excluding steroid dienone is 1. The summed E-state index contributed by atoms with van der Waals surface area (Å²) in [5.41, 5.74) is 1.14. The largest absolute Gasteiger partial charge is 0.409 e. The second kappa shape index (κ2) is 7.90. The van der Waals surface area contributed by atoms with Crippen LogP contribution < -0.4 is 0 Å². The topological polar surface area (TPSA) is 0 Å². The molecular weight excluding hydrogens is 311 g/mol. The SMILES string of the molecule is CC.Cc1ccc(-c2cc(F)c(C=CC(F)(F)F)c(F)c2)cc1. The van der Waals surface area contributed by atoms with Gasteiger partial charge in [0.2, 0.25) is 0 Å². The molecule has 2 rings (SSSR count). The van der Waals surface area contributed by atoms with E-state index in [9.17, 15) is 22.0 Å². The maximum atomic E-state index is 13.8. The fourth-order valence-electron chi connectivity index (χ4n) is 1.83. The quantitative estimate of drug-likeness (QED) is 0.549. The molecule has 0 N–H and O–H groups in total. The van der Waals surface area contributed by atoms with Gasteiger partial charge in [-0.05, 0) is 36.3 Å². The number of halogens is 5. The summed E-state index contributed by atoms with van der Waals surface area (Å²) < 4.78 is 63.8. The molecule has 0 unspecified atom stereocenters. The van der Waals surface area contributed by atoms with Gasteiger partial charge >= 0.3 is 6.18 Å². The molecule has 0 aliphatic rings. The first-order valence-corrected chi connectivity index (χ1v) is 7.08. The van der Waals surface area contributed by atoms with Gasteiger partial charge in [0.05, 0.1) is 0 Å². The van der Waals surface area contributed by atoms with Gasteiger partial charge in [-0.25, -0.2) is 8.78 Å². The summed E-state index contributed by atoms with van der Waals surface area (Å²) >= 11 is 0. The Labute approximate surface area is 132 Å². The lowest BCUT2D eigenvalue weighted by molar-refractivity contribution is -0.0790. The van der Waals surface area contributed by atoms with E-state index in [1.807, 2.05) is 20.8 Å². The van der Waals surface area contributed by atoms with Crippen LogP contribution in [0, 0.1) is 18.6 Å². The van der Waals surface area contributed by atoms with Crippen molar-refractivity contribution in [2.75, 3.05) is 0 Å². The van der Waals surface area contributed by atoms with Crippen LogP contribution in [-0.2, 0) is 0 Å². The van der Waals surface area contributed by atoms with Crippen LogP contribution in [0.15, 0.2) is 42.5 Å². The molecule has 124 valence electrons. The van der Waals surface area contributed by atoms with Crippen LogP contribution in [0.5, 0.6) is 0 Å². The van der Waals surface area contributed by atoms with Gasteiger partial charge in [0, 0.05) is 11.6 Å². The van der Waals surface area contributed by atoms with Gasteiger partial charge < -0.3 is 0 Å². The zero-order valence-corrected chi connectivity index (χ0v) is 13.0. The third kappa shape index (κ3) is 5.51. The monoisotopic (exact) mass is 328 g/mol. The molecule has 0 radical (unpaired) electrons. The first-order valence-electron chi connectivity index (χ1n) is 7.08. The van der Waals surface area contributed by atoms with Crippen molar-refractivity contribution < 1.29 is 22.0 Å². The zero-order valence-electron chi connectivity index (χ0n) is 13.0. The van der Waals surface area contributed by atoms with E-state index < -0.39 is 23.4 Å². The molecule has 0 heterocycles. The van der Waals surface area contributed by atoms with E-state index in [2.05, 4.69) is 0 Å². The standard InChI is InChI=1S/C16H11F5.C2H6/c1-10-2-4-11(5-3-10)12-8-14(17)13(15(18)9-12)6-7-16(19,20)21;1-2/h2-9H,1H3;1-2H3. The minimum Gasteiger partial charge on any atom is -0.206 e. The van der Waals surface area contributed by atoms with Crippen molar-refractivity contribution in [3.8, 4) is 11.1 Å². The van der Waals surface area contributed by atoms with Gasteiger partial charge in [0.1, 0.15) is 11.6 Å². The summed E-state index contributed by atoms with van der Waals surface area (Å²) in [6.45, 7) is 5.87. The third-order valence-corrected chi connectivity index (χ3v) is 2.90. The highest BCUT2D eigenvalue weighted by atomic mass is 19.4. The van der Waals surface area contributed by atoms with Gasteiger partial charge in [-0.2, -0.15) is 13.2 Å². The number of aryl methyl sites for hydroxylation is 1. The minimum atomic E-state index is -4.62. The maximum Gasteiger partial charge on any atom is 0.409 e. The van der Waals surface area contributed by atoms with E-state index in [1.165, 1.54) is 0 Å². The molecule has 0 saturated carbocycles. The second-order valence-corrected chi connectivity index (χ2v) is 4.59. The van der Waals surface area contributed by atoms with Crippen molar-refractivity contribution in [1.82, 2.24) is 0 Å². The Balaban J connectivity index is 0.00000127. The molecule has 0 atom stereocenters. The molecule has 0 amide bonds. The van der Waals surface area contributed by atoms with E-state index in [4.69, 9.17) is 0 Å². The highest BCUT2D eigenvalue weighted by Gasteiger charge is 2.22. The van der Waals surface area contributed by atoms with Gasteiger partial charge in [-0.3, -0.25) is 0 Å². The molecule has 23 heavy (non-hydrogen) atoms. The Bertz CT molecular complexity index is 644. The van der Waals surface area contributed by atoms with Crippen LogP contribution in [0.25, 0.3) is 17.2 Å². The molecular formula is C18H17F5. The summed E-state index contributed by atoms with van der Waals surface area (Å²) in [6, 6.07) is 8.97. The highest BCUT2D eigenvalue weighted by molar-refractivity contribution is 5.66. The smallest absolute Gasteiger partial charge is 0.206 e. The van der Waals surface area contributed by atoms with Gasteiger partial charge in [-0.15, -0.1) is 0 Å². The van der Waals surface area contributed by atoms with Gasteiger partial charge in [-0.1, -0.05) is 43.7 Å². The normalized spacial score (nSPS) is 11.3. The predicted molar refractivity (Wildman–Crippen MR) is 83.0 cm³/mol. The minimum absolute atomic E-state index is 0.194. The lowest BCUT2D eigenvalue weighted by Crippen LogP contribution is -2.01. The van der Waals surface area contributed by atoms with E-state index in [1.54, 1.807) is 24.3 Å². The van der Waals surface area contributed by atoms with E-state index >= 15 is 0 Å². The fraction of sp³-hybridized carbons (Fsp3) is 0.222. The first kappa shape index (κ1) is 18.9. The highest BCUT2D eigenvalue weighted by Crippen LogP contribution is 2.27. The van der Waals surface area contributed by atoms with Crippen LogP contribution in [0.2, 0.25) is 0 Å². The number of hydrogen-bond acceptors (Lipinski definition) is 0. The third-order valence-electron chi connectivity index (χ3n) is 2.90. The van der Waals surface area contributed by atoms with Gasteiger partial charge in [0.25, 0.3) is 0 Å². The summed E-state index contributed by atoms with van der Waals surface area (Å²) in [5.74, 6) is -2.07. The Morgan fingerprint density at radius 3 is 1.74 bits per heavy atom. The number of benzene rings is 2. The molecule has 5 heteroatoms. The summed E-state index contributed by atoms with van der Waals surface area (Å²) in [4.78, 5) is 0. The number of rotatable bonds is 2. The molecule has 0 nitrogen and oxygen atoms in total. The van der Waals surface area contributed by atoms with Crippen LogP contribution in [-0.4, -0.2) is 6.18 Å². The molecule has 2 aromatic carbocycles. The molecule has 0 aliphatic heterocycles. The second-order valence-electron chi connectivity index (χ2n) is 4.59. The van der Waals surface area contributed by atoms with Crippen molar-refractivity contribution in [3.63, 3.8) is 0 Å². The van der Waals surface area contributed by atoms with Crippen molar-refractivity contribution in [1.29, 1.82) is 0 Å². The van der Waals surface area contributed by atoms with E-state index in [0.717, 1.165) is 17.7 Å². The van der Waals surface area contributed by atoms with Crippen molar-refractivity contribution in [2.24, 2.45) is 0 Å². The molecule has 0 saturated heterocycles. The summed E-state index contributed by atoms with van der Waals surface area (Å²) in [7, 11) is 0. The molecule has 2 aromatic rings. The lowest BCUT2D eigenvalue weighted by atomic mass is 10.0. The predicted octanol–water partition coefficient (Wildman–Crippen LogP) is 6.54. The molecule has 0 aromatic heterocycles. The van der Waals surface area contributed by atoms with E-state index in [0.29, 0.717) is 11.6 Å². The average molecular weight is 328 g/mol. The molecule has 0 fully saturated rings. The van der Waals surface area contributed by atoms with Crippen molar-refractivity contribution in [2.45, 2.75) is 26.9 Å². The lowest BCUT2D eigenvalue weighted by Gasteiger charge is -2.07. The van der Waals surface area contributed by atoms with Crippen LogP contribution in [0.4, 0.5) is 22.0 Å².